The van der Waals surface area contributed by atoms with Crippen LogP contribution >= 0.6 is 27.5 Å². The van der Waals surface area contributed by atoms with Gasteiger partial charge in [0.15, 0.2) is 17.3 Å². The van der Waals surface area contributed by atoms with E-state index in [-0.39, 0.29) is 0 Å². The van der Waals surface area contributed by atoms with Crippen LogP contribution in [0.25, 0.3) is 16.9 Å². The molecule has 0 amide bonds. The number of imidazole rings is 1. The second-order valence-electron chi connectivity index (χ2n) is 4.52. The highest BCUT2D eigenvalue weighted by atomic mass is 79.9. The molecule has 0 radical (unpaired) electrons. The number of fused-ring (bicyclic) bond motifs is 1. The summed E-state index contributed by atoms with van der Waals surface area (Å²) in [6, 6.07) is 5.43. The Morgan fingerprint density at radius 3 is 2.67 bits per heavy atom. The Morgan fingerprint density at radius 1 is 1.24 bits per heavy atom. The Kier molecular flexibility index (Phi) is 3.67. The van der Waals surface area contributed by atoms with E-state index in [9.17, 15) is 8.78 Å². The van der Waals surface area contributed by atoms with Gasteiger partial charge in [-0.15, -0.1) is 11.6 Å². The van der Waals surface area contributed by atoms with E-state index >= 15 is 0 Å². The van der Waals surface area contributed by atoms with Crippen molar-refractivity contribution in [3.05, 3.63) is 52.4 Å². The lowest BCUT2D eigenvalue weighted by molar-refractivity contribution is 0.508. The Bertz CT molecular complexity index is 832. The quantitative estimate of drug-likeness (QED) is 0.607. The third-order valence-corrected chi connectivity index (χ3v) is 3.64. The number of hydrogen-bond acceptors (Lipinski definition) is 2. The second kappa shape index (κ2) is 5.35. The number of nitrogens with zero attached hydrogens (tertiary/aromatic N) is 3. The van der Waals surface area contributed by atoms with Gasteiger partial charge >= 0.3 is 0 Å². The van der Waals surface area contributed by atoms with Crippen molar-refractivity contribution in [2.24, 2.45) is 0 Å². The summed E-state index contributed by atoms with van der Waals surface area (Å²) in [6.07, 6.45) is 1.61. The molecule has 1 unspecified atom stereocenters. The molecule has 3 aromatic rings. The molecule has 0 fully saturated rings. The maximum atomic E-state index is 13.5. The van der Waals surface area contributed by atoms with Gasteiger partial charge in [0.25, 0.3) is 0 Å². The standard InChI is InChI=1S/C14H9BrClF2N3/c1-7(16)13-20-12-4-8(15)6-19-14(12)21(13)9-2-3-10(17)11(18)5-9/h2-7H,1H3. The van der Waals surface area contributed by atoms with Crippen LogP contribution in [-0.2, 0) is 0 Å². The van der Waals surface area contributed by atoms with Gasteiger partial charge in [-0.25, -0.2) is 18.7 Å². The topological polar surface area (TPSA) is 30.7 Å². The van der Waals surface area contributed by atoms with Crippen LogP contribution in [0.2, 0.25) is 0 Å². The first-order valence-corrected chi connectivity index (χ1v) is 7.33. The first-order valence-electron chi connectivity index (χ1n) is 6.11. The fourth-order valence-electron chi connectivity index (χ4n) is 2.10. The minimum atomic E-state index is -0.931. The molecule has 2 aromatic heterocycles. The molecule has 0 saturated carbocycles. The van der Waals surface area contributed by atoms with Crippen molar-refractivity contribution in [1.29, 1.82) is 0 Å². The molecular formula is C14H9BrClF2N3. The molecule has 0 N–H and O–H groups in total. The van der Waals surface area contributed by atoms with Crippen LogP contribution in [0.3, 0.4) is 0 Å². The average Bonchev–Trinajstić information content (AvgIpc) is 2.80. The van der Waals surface area contributed by atoms with Crippen LogP contribution in [0.4, 0.5) is 8.78 Å². The van der Waals surface area contributed by atoms with Gasteiger partial charge < -0.3 is 0 Å². The second-order valence-corrected chi connectivity index (χ2v) is 6.09. The number of pyridine rings is 1. The van der Waals surface area contributed by atoms with Crippen LogP contribution in [0.5, 0.6) is 0 Å². The Hall–Kier alpha value is -1.53. The molecule has 3 rings (SSSR count). The molecule has 0 spiro atoms. The number of aromatic nitrogens is 3. The van der Waals surface area contributed by atoms with Crippen LogP contribution in [0.1, 0.15) is 18.1 Å². The molecule has 0 bridgehead atoms. The zero-order chi connectivity index (χ0) is 15.1. The molecule has 0 aliphatic carbocycles. The van der Waals surface area contributed by atoms with Crippen LogP contribution in [-0.4, -0.2) is 14.5 Å². The van der Waals surface area contributed by atoms with Crippen LogP contribution in [0.15, 0.2) is 34.9 Å². The van der Waals surface area contributed by atoms with Gasteiger partial charge in [-0.05, 0) is 41.1 Å². The SMILES string of the molecule is CC(Cl)c1nc2cc(Br)cnc2n1-c1ccc(F)c(F)c1. The van der Waals surface area contributed by atoms with E-state index in [1.54, 1.807) is 23.8 Å². The van der Waals surface area contributed by atoms with Crippen molar-refractivity contribution >= 4 is 38.7 Å². The lowest BCUT2D eigenvalue weighted by atomic mass is 10.3. The molecule has 7 heteroatoms. The molecule has 0 aliphatic heterocycles. The van der Waals surface area contributed by atoms with Crippen LogP contribution < -0.4 is 0 Å². The van der Waals surface area contributed by atoms with Crippen molar-refractivity contribution < 1.29 is 8.78 Å². The van der Waals surface area contributed by atoms with Crippen molar-refractivity contribution in [3.63, 3.8) is 0 Å². The fraction of sp³-hybridized carbons (Fsp3) is 0.143. The van der Waals surface area contributed by atoms with Crippen molar-refractivity contribution in [2.45, 2.75) is 12.3 Å². The zero-order valence-electron chi connectivity index (χ0n) is 10.8. The van der Waals surface area contributed by atoms with Crippen LogP contribution in [0, 0.1) is 11.6 Å². The summed E-state index contributed by atoms with van der Waals surface area (Å²) in [5, 5.41) is -0.411. The minimum absolute atomic E-state index is 0.411. The summed E-state index contributed by atoms with van der Waals surface area (Å²) >= 11 is 9.48. The summed E-state index contributed by atoms with van der Waals surface area (Å²) in [4.78, 5) is 8.71. The maximum Gasteiger partial charge on any atom is 0.164 e. The molecule has 108 valence electrons. The molecular weight excluding hydrogens is 364 g/mol. The predicted octanol–water partition coefficient (Wildman–Crippen LogP) is 4.76. The van der Waals surface area contributed by atoms with E-state index in [2.05, 4.69) is 25.9 Å². The normalized spacial score (nSPS) is 12.8. The van der Waals surface area contributed by atoms with Crippen molar-refractivity contribution in [1.82, 2.24) is 14.5 Å². The molecule has 21 heavy (non-hydrogen) atoms. The number of hydrogen-bond donors (Lipinski definition) is 0. The Morgan fingerprint density at radius 2 is 2.00 bits per heavy atom. The number of halogens is 4. The third kappa shape index (κ3) is 2.53. The monoisotopic (exact) mass is 371 g/mol. The van der Waals surface area contributed by atoms with Crippen molar-refractivity contribution in [2.75, 3.05) is 0 Å². The van der Waals surface area contributed by atoms with Gasteiger partial charge in [0.1, 0.15) is 11.3 Å². The summed E-state index contributed by atoms with van der Waals surface area (Å²) in [5.41, 5.74) is 1.58. The lowest BCUT2D eigenvalue weighted by Gasteiger charge is -2.10. The van der Waals surface area contributed by atoms with E-state index in [1.165, 1.54) is 6.07 Å². The first kappa shape index (κ1) is 14.4. The van der Waals surface area contributed by atoms with Gasteiger partial charge in [-0.3, -0.25) is 4.57 Å². The number of rotatable bonds is 2. The summed E-state index contributed by atoms with van der Waals surface area (Å²) < 4.78 is 29.0. The molecule has 0 saturated heterocycles. The maximum absolute atomic E-state index is 13.5. The van der Waals surface area contributed by atoms with Gasteiger partial charge in [-0.1, -0.05) is 0 Å². The summed E-state index contributed by atoms with van der Waals surface area (Å²) in [7, 11) is 0. The summed E-state index contributed by atoms with van der Waals surface area (Å²) in [6.45, 7) is 1.76. The van der Waals surface area contributed by atoms with E-state index in [1.807, 2.05) is 0 Å². The smallest absolute Gasteiger partial charge is 0.164 e. The Labute approximate surface area is 132 Å². The van der Waals surface area contributed by atoms with Gasteiger partial charge in [0.05, 0.1) is 11.1 Å². The minimum Gasteiger partial charge on any atom is -0.279 e. The van der Waals surface area contributed by atoms with E-state index in [0.29, 0.717) is 22.7 Å². The van der Waals surface area contributed by atoms with Gasteiger partial charge in [-0.2, -0.15) is 0 Å². The Balaban J connectivity index is 2.33. The molecule has 2 heterocycles. The van der Waals surface area contributed by atoms with E-state index in [4.69, 9.17) is 11.6 Å². The number of alkyl halides is 1. The fourth-order valence-corrected chi connectivity index (χ4v) is 2.57. The molecule has 1 atom stereocenters. The molecule has 0 aliphatic rings. The third-order valence-electron chi connectivity index (χ3n) is 3.01. The largest absolute Gasteiger partial charge is 0.279 e. The highest BCUT2D eigenvalue weighted by Crippen LogP contribution is 2.28. The first-order chi connectivity index (χ1) is 9.97. The summed E-state index contributed by atoms with van der Waals surface area (Å²) in [5.74, 6) is -1.32. The lowest BCUT2D eigenvalue weighted by Crippen LogP contribution is -2.03. The van der Waals surface area contributed by atoms with Crippen molar-refractivity contribution in [3.8, 4) is 5.69 Å². The van der Waals surface area contributed by atoms with E-state index in [0.717, 1.165) is 16.6 Å². The van der Waals surface area contributed by atoms with Gasteiger partial charge in [0, 0.05) is 16.7 Å². The molecule has 1 aromatic carbocycles. The molecule has 3 nitrogen and oxygen atoms in total. The van der Waals surface area contributed by atoms with Gasteiger partial charge in [0.2, 0.25) is 0 Å². The predicted molar refractivity (Wildman–Crippen MR) is 80.7 cm³/mol. The average molecular weight is 373 g/mol. The van der Waals surface area contributed by atoms with E-state index < -0.39 is 17.0 Å². The number of benzene rings is 1. The highest BCUT2D eigenvalue weighted by Gasteiger charge is 2.18. The zero-order valence-corrected chi connectivity index (χ0v) is 13.2. The highest BCUT2D eigenvalue weighted by molar-refractivity contribution is 9.10.